The molecule has 94 valence electrons. The van der Waals surface area contributed by atoms with Gasteiger partial charge in [0.2, 0.25) is 0 Å². The summed E-state index contributed by atoms with van der Waals surface area (Å²) >= 11 is 0. The number of hydrogen-bond acceptors (Lipinski definition) is 2. The Bertz CT molecular complexity index is 388. The fourth-order valence-electron chi connectivity index (χ4n) is 2.23. The van der Waals surface area contributed by atoms with Crippen molar-refractivity contribution in [1.29, 1.82) is 0 Å². The zero-order valence-electron chi connectivity index (χ0n) is 9.85. The van der Waals surface area contributed by atoms with Gasteiger partial charge in [-0.1, -0.05) is 49.6 Å². The third kappa shape index (κ3) is 4.25. The van der Waals surface area contributed by atoms with E-state index in [0.29, 0.717) is 0 Å². The highest BCUT2D eigenvalue weighted by Crippen LogP contribution is 2.54. The predicted octanol–water partition coefficient (Wildman–Crippen LogP) is 4.70. The molecule has 0 aliphatic heterocycles. The number of halogens is 1. The zero-order chi connectivity index (χ0) is 12.1. The molecule has 17 heavy (non-hydrogen) atoms. The normalized spacial score (nSPS) is 21.0. The molecule has 0 saturated heterocycles. The van der Waals surface area contributed by atoms with Gasteiger partial charge >= 0.3 is 7.68 Å². The Morgan fingerprint density at radius 2 is 1.82 bits per heavy atom. The summed E-state index contributed by atoms with van der Waals surface area (Å²) in [6.07, 6.45) is 4.69. The molecule has 1 fully saturated rings. The molecule has 0 amide bonds. The first-order valence-electron chi connectivity index (χ1n) is 6.17. The van der Waals surface area contributed by atoms with Crippen molar-refractivity contribution in [2.24, 2.45) is 0 Å². The average molecular weight is 256 g/mol. The highest BCUT2D eigenvalue weighted by molar-refractivity contribution is 7.52. The molecule has 0 heterocycles. The lowest BCUT2D eigenvalue weighted by Crippen LogP contribution is -2.14. The van der Waals surface area contributed by atoms with Crippen LogP contribution in [0.15, 0.2) is 30.3 Å². The van der Waals surface area contributed by atoms with E-state index in [1.807, 2.05) is 18.2 Å². The van der Waals surface area contributed by atoms with Crippen molar-refractivity contribution in [2.45, 2.75) is 44.4 Å². The van der Waals surface area contributed by atoms with Crippen LogP contribution in [-0.2, 0) is 15.3 Å². The summed E-state index contributed by atoms with van der Waals surface area (Å²) in [7, 11) is -3.98. The topological polar surface area (TPSA) is 26.3 Å². The fraction of sp³-hybridized carbons (Fsp3) is 0.538. The number of hydrogen-bond donors (Lipinski definition) is 0. The van der Waals surface area contributed by atoms with Gasteiger partial charge in [-0.25, -0.2) is 0 Å². The van der Waals surface area contributed by atoms with Gasteiger partial charge in [0, 0.05) is 0 Å². The van der Waals surface area contributed by atoms with E-state index in [9.17, 15) is 8.76 Å². The quantitative estimate of drug-likeness (QED) is 0.730. The molecule has 1 aromatic carbocycles. The lowest BCUT2D eigenvalue weighted by Gasteiger charge is -2.23. The Morgan fingerprint density at radius 3 is 2.47 bits per heavy atom. The van der Waals surface area contributed by atoms with Crippen LogP contribution in [0.1, 0.15) is 37.7 Å². The Labute approximate surface area is 102 Å². The molecule has 2 nitrogen and oxygen atoms in total. The minimum Gasteiger partial charge on any atom is -0.302 e. The van der Waals surface area contributed by atoms with E-state index in [1.54, 1.807) is 12.1 Å². The van der Waals surface area contributed by atoms with Crippen molar-refractivity contribution in [3.05, 3.63) is 35.9 Å². The molecule has 0 aromatic heterocycles. The van der Waals surface area contributed by atoms with Crippen molar-refractivity contribution in [2.75, 3.05) is 0 Å². The smallest absolute Gasteiger partial charge is 0.302 e. The van der Waals surface area contributed by atoms with Crippen LogP contribution in [0.5, 0.6) is 0 Å². The van der Waals surface area contributed by atoms with Crippen molar-refractivity contribution < 1.29 is 13.3 Å². The first kappa shape index (κ1) is 12.8. The van der Waals surface area contributed by atoms with Crippen LogP contribution in [0.25, 0.3) is 0 Å². The second kappa shape index (κ2) is 5.79. The lowest BCUT2D eigenvalue weighted by atomic mass is 9.98. The van der Waals surface area contributed by atoms with Crippen LogP contribution < -0.4 is 0 Å². The van der Waals surface area contributed by atoms with E-state index in [4.69, 9.17) is 4.52 Å². The monoisotopic (exact) mass is 256 g/mol. The molecular weight excluding hydrogens is 238 g/mol. The van der Waals surface area contributed by atoms with Gasteiger partial charge in [0.15, 0.2) is 0 Å². The van der Waals surface area contributed by atoms with Gasteiger partial charge in [-0.3, -0.25) is 4.57 Å². The summed E-state index contributed by atoms with van der Waals surface area (Å²) < 4.78 is 30.8. The molecule has 0 radical (unpaired) electrons. The van der Waals surface area contributed by atoms with Gasteiger partial charge in [0.05, 0.1) is 12.3 Å². The maximum atomic E-state index is 13.9. The van der Waals surface area contributed by atoms with E-state index in [2.05, 4.69) is 0 Å². The molecule has 1 aliphatic carbocycles. The first-order chi connectivity index (χ1) is 8.16. The van der Waals surface area contributed by atoms with Gasteiger partial charge in [-0.05, 0) is 18.4 Å². The van der Waals surface area contributed by atoms with Crippen LogP contribution in [0.3, 0.4) is 0 Å². The Hall–Kier alpha value is -0.660. The fourth-order valence-corrected chi connectivity index (χ4v) is 3.61. The van der Waals surface area contributed by atoms with Gasteiger partial charge < -0.3 is 4.52 Å². The summed E-state index contributed by atoms with van der Waals surface area (Å²) in [5.41, 5.74) is 0.731. The van der Waals surface area contributed by atoms with Crippen LogP contribution in [-0.4, -0.2) is 6.10 Å². The molecule has 1 aliphatic rings. The van der Waals surface area contributed by atoms with Crippen LogP contribution in [0.2, 0.25) is 0 Å². The molecule has 1 atom stereocenters. The summed E-state index contributed by atoms with van der Waals surface area (Å²) in [5.74, 6) is 0. The second-order valence-electron chi connectivity index (χ2n) is 4.60. The Morgan fingerprint density at radius 1 is 1.18 bits per heavy atom. The van der Waals surface area contributed by atoms with Crippen molar-refractivity contribution in [3.63, 3.8) is 0 Å². The Balaban J connectivity index is 1.92. The number of rotatable bonds is 4. The minimum atomic E-state index is -3.98. The van der Waals surface area contributed by atoms with Crippen LogP contribution >= 0.6 is 7.68 Å². The van der Waals surface area contributed by atoms with E-state index < -0.39 is 7.68 Å². The third-order valence-electron chi connectivity index (χ3n) is 3.07. The average Bonchev–Trinajstić information content (AvgIpc) is 2.30. The molecule has 2 rings (SSSR count). The largest absolute Gasteiger partial charge is 0.372 e. The van der Waals surface area contributed by atoms with Gasteiger partial charge in [0.1, 0.15) is 0 Å². The summed E-state index contributed by atoms with van der Waals surface area (Å²) in [4.78, 5) is 0. The van der Waals surface area contributed by atoms with Gasteiger partial charge in [-0.2, -0.15) is 4.20 Å². The van der Waals surface area contributed by atoms with Gasteiger partial charge in [-0.15, -0.1) is 0 Å². The van der Waals surface area contributed by atoms with E-state index in [-0.39, 0.29) is 12.3 Å². The molecule has 0 N–H and O–H groups in total. The lowest BCUT2D eigenvalue weighted by molar-refractivity contribution is 0.145. The second-order valence-corrected chi connectivity index (χ2v) is 6.31. The first-order valence-corrected chi connectivity index (χ1v) is 7.87. The summed E-state index contributed by atoms with van der Waals surface area (Å²) in [6.45, 7) is 0. The highest BCUT2D eigenvalue weighted by atomic mass is 31.2. The molecule has 0 bridgehead atoms. The maximum Gasteiger partial charge on any atom is 0.372 e. The third-order valence-corrected chi connectivity index (χ3v) is 4.43. The highest BCUT2D eigenvalue weighted by Gasteiger charge is 2.28. The Kier molecular flexibility index (Phi) is 4.36. The molecule has 1 saturated carbocycles. The van der Waals surface area contributed by atoms with Crippen molar-refractivity contribution in [3.8, 4) is 0 Å². The molecular formula is C13H18FO2P. The molecule has 0 unspecified atom stereocenters. The van der Waals surface area contributed by atoms with Crippen LogP contribution in [0.4, 0.5) is 4.20 Å². The van der Waals surface area contributed by atoms with E-state index in [1.165, 1.54) is 6.42 Å². The molecule has 4 heteroatoms. The van der Waals surface area contributed by atoms with Crippen molar-refractivity contribution >= 4 is 7.68 Å². The van der Waals surface area contributed by atoms with E-state index >= 15 is 0 Å². The van der Waals surface area contributed by atoms with E-state index in [0.717, 1.165) is 31.2 Å². The SMILES string of the molecule is O=[P@](F)(Cc1ccccc1)OC1CCCCC1. The molecule has 1 aromatic rings. The van der Waals surface area contributed by atoms with Gasteiger partial charge in [0.25, 0.3) is 0 Å². The summed E-state index contributed by atoms with van der Waals surface area (Å²) in [5, 5.41) is 0. The predicted molar refractivity (Wildman–Crippen MR) is 66.8 cm³/mol. The van der Waals surface area contributed by atoms with Crippen LogP contribution in [0, 0.1) is 0 Å². The standard InChI is InChI=1S/C13H18FO2P/c14-17(15,11-12-7-3-1-4-8-12)16-13-9-5-2-6-10-13/h1,3-4,7-8,13H,2,5-6,9-11H2/t17-/m1/s1. The zero-order valence-corrected chi connectivity index (χ0v) is 10.7. The summed E-state index contributed by atoms with van der Waals surface area (Å²) in [6, 6.07) is 9.04. The number of benzene rings is 1. The minimum absolute atomic E-state index is 0.107. The maximum absolute atomic E-state index is 13.9. The van der Waals surface area contributed by atoms with Crippen molar-refractivity contribution in [1.82, 2.24) is 0 Å². The molecule has 0 spiro atoms.